The Kier molecular flexibility index (Phi) is 5.71. The largest absolute Gasteiger partial charge is 0.463 e. The number of esters is 1. The van der Waals surface area contributed by atoms with Gasteiger partial charge in [0.2, 0.25) is 0 Å². The fourth-order valence-corrected chi connectivity index (χ4v) is 2.52. The van der Waals surface area contributed by atoms with Gasteiger partial charge in [0.15, 0.2) is 6.23 Å². The van der Waals surface area contributed by atoms with E-state index in [0.717, 1.165) is 27.5 Å². The van der Waals surface area contributed by atoms with Crippen LogP contribution in [0.2, 0.25) is 0 Å². The normalized spacial score (nSPS) is 26.8. The maximum atomic E-state index is 12.5. The van der Waals surface area contributed by atoms with Gasteiger partial charge >= 0.3 is 11.7 Å². The molecule has 0 aliphatic carbocycles. The van der Waals surface area contributed by atoms with Gasteiger partial charge in [0, 0.05) is 24.5 Å². The summed E-state index contributed by atoms with van der Waals surface area (Å²) in [6, 6.07) is 0.500. The number of hydrogen-bond acceptors (Lipinski definition) is 7. The molecule has 0 spiro atoms. The molecule has 0 bridgehead atoms. The summed E-state index contributed by atoms with van der Waals surface area (Å²) in [5, 5.41) is 10.2. The predicted octanol–water partition coefficient (Wildman–Crippen LogP) is -0.961. The van der Waals surface area contributed by atoms with Crippen LogP contribution in [0.25, 0.3) is 6.20 Å². The van der Waals surface area contributed by atoms with Gasteiger partial charge < -0.3 is 20.3 Å². The second kappa shape index (κ2) is 7.56. The number of ether oxygens (including phenoxy) is 2. The Morgan fingerprint density at radius 3 is 2.75 bits per heavy atom. The summed E-state index contributed by atoms with van der Waals surface area (Å²) in [6.45, 7) is 3.67. The van der Waals surface area contributed by atoms with Crippen molar-refractivity contribution in [3.8, 4) is 0 Å². The molecular weight excluding hydrogens is 318 g/mol. The van der Waals surface area contributed by atoms with Crippen molar-refractivity contribution in [3.63, 3.8) is 0 Å². The molecule has 132 valence electrons. The molecule has 3 N–H and O–H groups in total. The van der Waals surface area contributed by atoms with Crippen molar-refractivity contribution in [2.75, 3.05) is 6.61 Å². The smallest absolute Gasteiger partial charge is 0.337 e. The molecular formula is C15H21N3O6. The minimum absolute atomic E-state index is 0.176. The highest BCUT2D eigenvalue weighted by Crippen LogP contribution is 2.28. The molecule has 0 unspecified atom stereocenters. The van der Waals surface area contributed by atoms with Crippen LogP contribution >= 0.6 is 0 Å². The molecule has 1 aromatic rings. The zero-order valence-electron chi connectivity index (χ0n) is 13.5. The number of carbonyl (C=O) groups is 1. The van der Waals surface area contributed by atoms with Crippen molar-refractivity contribution in [2.24, 2.45) is 5.73 Å². The number of aliphatic hydroxyl groups is 1. The molecule has 9 nitrogen and oxygen atoms in total. The van der Waals surface area contributed by atoms with Crippen molar-refractivity contribution < 1.29 is 19.4 Å². The Morgan fingerprint density at radius 1 is 1.46 bits per heavy atom. The monoisotopic (exact) mass is 339 g/mol. The molecule has 2 rings (SSSR count). The van der Waals surface area contributed by atoms with Crippen LogP contribution in [0.5, 0.6) is 0 Å². The highest BCUT2D eigenvalue weighted by Gasteiger charge is 2.42. The van der Waals surface area contributed by atoms with E-state index in [1.54, 1.807) is 6.92 Å². The first-order valence-corrected chi connectivity index (χ1v) is 7.68. The lowest BCUT2D eigenvalue weighted by Crippen LogP contribution is -2.43. The van der Waals surface area contributed by atoms with E-state index in [1.165, 1.54) is 6.20 Å². The molecule has 24 heavy (non-hydrogen) atoms. The Hall–Kier alpha value is -2.23. The van der Waals surface area contributed by atoms with Gasteiger partial charge in [0.25, 0.3) is 5.56 Å². The number of rotatable bonds is 5. The fourth-order valence-electron chi connectivity index (χ4n) is 2.52. The first-order chi connectivity index (χ1) is 11.4. The number of nitrogens with zero attached hydrogens (tertiary/aromatic N) is 2. The summed E-state index contributed by atoms with van der Waals surface area (Å²) in [5.74, 6) is -0.676. The van der Waals surface area contributed by atoms with Gasteiger partial charge in [-0.3, -0.25) is 9.36 Å². The van der Waals surface area contributed by atoms with Crippen molar-refractivity contribution >= 4 is 12.2 Å². The summed E-state index contributed by atoms with van der Waals surface area (Å²) in [4.78, 5) is 35.7. The first kappa shape index (κ1) is 18.1. The molecule has 9 heteroatoms. The Morgan fingerprint density at radius 2 is 2.17 bits per heavy atom. The van der Waals surface area contributed by atoms with E-state index in [9.17, 15) is 19.5 Å². The number of nitrogens with two attached hydrogens (primary N) is 1. The van der Waals surface area contributed by atoms with Crippen LogP contribution in [0.15, 0.2) is 27.9 Å². The zero-order valence-corrected chi connectivity index (χ0v) is 13.5. The minimum Gasteiger partial charge on any atom is -0.463 e. The summed E-state index contributed by atoms with van der Waals surface area (Å²) in [5.41, 5.74) is 4.50. The summed E-state index contributed by atoms with van der Waals surface area (Å²) in [6.07, 6.45) is 1.32. The van der Waals surface area contributed by atoms with E-state index in [4.69, 9.17) is 15.2 Å². The van der Waals surface area contributed by atoms with Crippen LogP contribution in [0.4, 0.5) is 0 Å². The third-order valence-corrected chi connectivity index (χ3v) is 3.79. The van der Waals surface area contributed by atoms with Crippen LogP contribution in [0.3, 0.4) is 0 Å². The quantitative estimate of drug-likeness (QED) is 0.522. The molecule has 0 aromatic carbocycles. The SMILES string of the molecule is CCOC(=O)/C=C/n1c(=O)ccn([C@@H]2O[C@H](CC)[C@@H](N)[C@H]2O)c1=O. The molecule has 0 amide bonds. The van der Waals surface area contributed by atoms with Crippen LogP contribution in [-0.4, -0.2) is 45.1 Å². The Bertz CT molecular complexity index is 737. The number of carbonyl (C=O) groups excluding carboxylic acids is 1. The van der Waals surface area contributed by atoms with E-state index in [2.05, 4.69) is 0 Å². The highest BCUT2D eigenvalue weighted by molar-refractivity contribution is 5.84. The molecule has 1 aliphatic heterocycles. The van der Waals surface area contributed by atoms with E-state index in [1.807, 2.05) is 6.92 Å². The molecule has 1 aliphatic rings. The van der Waals surface area contributed by atoms with Crippen LogP contribution < -0.4 is 17.0 Å². The van der Waals surface area contributed by atoms with Gasteiger partial charge in [0.05, 0.1) is 18.8 Å². The average Bonchev–Trinajstić information content (AvgIpc) is 2.83. The van der Waals surface area contributed by atoms with Crippen LogP contribution in [0.1, 0.15) is 26.5 Å². The second-order valence-corrected chi connectivity index (χ2v) is 5.32. The maximum Gasteiger partial charge on any atom is 0.337 e. The minimum atomic E-state index is -1.09. The van der Waals surface area contributed by atoms with Gasteiger partial charge in [0.1, 0.15) is 6.10 Å². The van der Waals surface area contributed by atoms with E-state index < -0.39 is 41.7 Å². The zero-order chi connectivity index (χ0) is 17.9. The van der Waals surface area contributed by atoms with E-state index >= 15 is 0 Å². The molecule has 0 radical (unpaired) electrons. The Balaban J connectivity index is 2.37. The third-order valence-electron chi connectivity index (χ3n) is 3.79. The molecule has 4 atom stereocenters. The third kappa shape index (κ3) is 3.48. The molecule has 1 fully saturated rings. The lowest BCUT2D eigenvalue weighted by Gasteiger charge is -2.18. The van der Waals surface area contributed by atoms with E-state index in [-0.39, 0.29) is 6.61 Å². The summed E-state index contributed by atoms with van der Waals surface area (Å²) in [7, 11) is 0. The molecule has 2 heterocycles. The van der Waals surface area contributed by atoms with Gasteiger partial charge in [-0.1, -0.05) is 6.92 Å². The number of hydrogen-bond donors (Lipinski definition) is 2. The van der Waals surface area contributed by atoms with Gasteiger partial charge in [-0.25, -0.2) is 14.2 Å². The van der Waals surface area contributed by atoms with Gasteiger partial charge in [-0.05, 0) is 13.3 Å². The average molecular weight is 339 g/mol. The number of aliphatic hydroxyl groups excluding tert-OH is 1. The number of aromatic nitrogens is 2. The van der Waals surface area contributed by atoms with Crippen molar-refractivity contribution in [1.82, 2.24) is 9.13 Å². The second-order valence-electron chi connectivity index (χ2n) is 5.32. The van der Waals surface area contributed by atoms with Crippen LogP contribution in [0, 0.1) is 0 Å². The maximum absolute atomic E-state index is 12.5. The summed E-state index contributed by atoms with van der Waals surface area (Å²) < 4.78 is 12.1. The lowest BCUT2D eigenvalue weighted by molar-refractivity contribution is -0.137. The van der Waals surface area contributed by atoms with Crippen LogP contribution in [-0.2, 0) is 14.3 Å². The predicted molar refractivity (Wildman–Crippen MR) is 85.1 cm³/mol. The standard InChI is InChI=1S/C15H21N3O6/c1-3-9-12(16)13(21)14(24-9)18-7-5-10(19)17(15(18)22)8-6-11(20)23-4-2/h5-9,12-14,21H,3-4,16H2,1-2H3/b8-6+/t9-,12-,13-,14-/m1/s1. The Labute approximate surface area is 137 Å². The lowest BCUT2D eigenvalue weighted by atomic mass is 10.1. The van der Waals surface area contributed by atoms with Gasteiger partial charge in [-0.15, -0.1) is 0 Å². The topological polar surface area (TPSA) is 126 Å². The summed E-state index contributed by atoms with van der Waals surface area (Å²) >= 11 is 0. The highest BCUT2D eigenvalue weighted by atomic mass is 16.5. The molecule has 1 saturated heterocycles. The first-order valence-electron chi connectivity index (χ1n) is 7.68. The molecule has 0 saturated carbocycles. The van der Waals surface area contributed by atoms with Crippen molar-refractivity contribution in [1.29, 1.82) is 0 Å². The fraction of sp³-hybridized carbons (Fsp3) is 0.533. The van der Waals surface area contributed by atoms with Crippen molar-refractivity contribution in [3.05, 3.63) is 39.2 Å². The van der Waals surface area contributed by atoms with Gasteiger partial charge in [-0.2, -0.15) is 0 Å². The van der Waals surface area contributed by atoms with E-state index in [0.29, 0.717) is 6.42 Å². The van der Waals surface area contributed by atoms with Crippen molar-refractivity contribution in [2.45, 2.75) is 44.7 Å². The molecule has 1 aromatic heterocycles.